The molecule has 1 aliphatic heterocycles. The molecule has 1 heterocycles. The Kier molecular flexibility index (Phi) is 6.41. The van der Waals surface area contributed by atoms with Gasteiger partial charge in [0.15, 0.2) is 0 Å². The van der Waals surface area contributed by atoms with E-state index in [1.54, 1.807) is 6.92 Å². The van der Waals surface area contributed by atoms with Gasteiger partial charge in [-0.1, -0.05) is 0 Å². The first-order valence-corrected chi connectivity index (χ1v) is 6.50. The van der Waals surface area contributed by atoms with Crippen LogP contribution in [0.2, 0.25) is 0 Å². The molecule has 0 radical (unpaired) electrons. The van der Waals surface area contributed by atoms with Gasteiger partial charge in [-0.25, -0.2) is 0 Å². The van der Waals surface area contributed by atoms with Crippen molar-refractivity contribution in [2.24, 2.45) is 5.92 Å². The van der Waals surface area contributed by atoms with Crippen molar-refractivity contribution in [3.63, 3.8) is 0 Å². The average molecular weight is 313 g/mol. The van der Waals surface area contributed by atoms with Gasteiger partial charge in [0.2, 0.25) is 5.91 Å². The molecule has 122 valence electrons. The molecule has 9 heteroatoms. The van der Waals surface area contributed by atoms with Gasteiger partial charge in [0.1, 0.15) is 12.5 Å². The van der Waals surface area contributed by atoms with Crippen molar-refractivity contribution in [3.8, 4) is 0 Å². The lowest BCUT2D eigenvalue weighted by Crippen LogP contribution is -2.46. The predicted molar refractivity (Wildman–Crippen MR) is 64.6 cm³/mol. The highest BCUT2D eigenvalue weighted by Crippen LogP contribution is 2.21. The van der Waals surface area contributed by atoms with Gasteiger partial charge in [0.25, 0.3) is 0 Å². The maximum absolute atomic E-state index is 12.0. The second kappa shape index (κ2) is 7.60. The second-order valence-corrected chi connectivity index (χ2v) is 4.65. The fourth-order valence-corrected chi connectivity index (χ4v) is 2.17. The molecule has 2 atom stereocenters. The Morgan fingerprint density at radius 2 is 2.05 bits per heavy atom. The highest BCUT2D eigenvalue weighted by atomic mass is 19.4. The third kappa shape index (κ3) is 5.50. The fourth-order valence-electron chi connectivity index (χ4n) is 2.17. The van der Waals surface area contributed by atoms with E-state index in [1.807, 2.05) is 0 Å². The third-order valence-electron chi connectivity index (χ3n) is 3.16. The number of carbonyl (C=O) groups is 2. The summed E-state index contributed by atoms with van der Waals surface area (Å²) in [5.74, 6) is -2.32. The van der Waals surface area contributed by atoms with E-state index in [1.165, 1.54) is 4.90 Å². The quantitative estimate of drug-likeness (QED) is 0.707. The average Bonchev–Trinajstić information content (AvgIpc) is 2.84. The smallest absolute Gasteiger partial charge is 0.411 e. The first kappa shape index (κ1) is 17.7. The Hall–Kier alpha value is -1.35. The van der Waals surface area contributed by atoms with Crippen LogP contribution < -0.4 is 0 Å². The van der Waals surface area contributed by atoms with Gasteiger partial charge in [-0.15, -0.1) is 0 Å². The zero-order chi connectivity index (χ0) is 16.0. The van der Waals surface area contributed by atoms with Crippen molar-refractivity contribution in [2.75, 3.05) is 33.0 Å². The van der Waals surface area contributed by atoms with Crippen molar-refractivity contribution in [1.82, 2.24) is 4.90 Å². The van der Waals surface area contributed by atoms with Gasteiger partial charge < -0.3 is 19.5 Å². The minimum atomic E-state index is -4.43. The molecule has 0 aromatic heterocycles. The molecule has 21 heavy (non-hydrogen) atoms. The molecule has 1 fully saturated rings. The van der Waals surface area contributed by atoms with Crippen LogP contribution >= 0.6 is 0 Å². The zero-order valence-corrected chi connectivity index (χ0v) is 11.6. The SMILES string of the molecule is CCN(C(=O)CCOCC(F)(F)F)C1COCC1C(=O)O. The van der Waals surface area contributed by atoms with Crippen LogP contribution in [-0.2, 0) is 19.1 Å². The third-order valence-corrected chi connectivity index (χ3v) is 3.16. The van der Waals surface area contributed by atoms with E-state index in [-0.39, 0.29) is 32.8 Å². The van der Waals surface area contributed by atoms with E-state index in [0.29, 0.717) is 0 Å². The van der Waals surface area contributed by atoms with Gasteiger partial charge in [-0.3, -0.25) is 9.59 Å². The summed E-state index contributed by atoms with van der Waals surface area (Å²) in [6.07, 6.45) is -4.66. The van der Waals surface area contributed by atoms with Gasteiger partial charge in [0.05, 0.1) is 32.3 Å². The largest absolute Gasteiger partial charge is 0.481 e. The number of amides is 1. The molecular formula is C12H18F3NO5. The minimum absolute atomic E-state index is 0.0222. The van der Waals surface area contributed by atoms with Crippen molar-refractivity contribution in [3.05, 3.63) is 0 Å². The number of hydrogen-bond acceptors (Lipinski definition) is 4. The predicted octanol–water partition coefficient (Wildman–Crippen LogP) is 0.903. The summed E-state index contributed by atoms with van der Waals surface area (Å²) in [7, 11) is 0. The molecule has 1 amide bonds. The lowest BCUT2D eigenvalue weighted by Gasteiger charge is -2.29. The number of carbonyl (C=O) groups excluding carboxylic acids is 1. The summed E-state index contributed by atoms with van der Waals surface area (Å²) in [6, 6.07) is -0.595. The van der Waals surface area contributed by atoms with Gasteiger partial charge in [-0.05, 0) is 6.92 Å². The van der Waals surface area contributed by atoms with Crippen molar-refractivity contribution in [2.45, 2.75) is 25.6 Å². The molecule has 2 unspecified atom stereocenters. The number of nitrogens with zero attached hydrogens (tertiary/aromatic N) is 1. The minimum Gasteiger partial charge on any atom is -0.481 e. The number of carboxylic acid groups (broad SMARTS) is 1. The number of rotatable bonds is 7. The molecule has 6 nitrogen and oxygen atoms in total. The molecular weight excluding hydrogens is 295 g/mol. The number of ether oxygens (including phenoxy) is 2. The van der Waals surface area contributed by atoms with Crippen LogP contribution in [0.3, 0.4) is 0 Å². The summed E-state index contributed by atoms with van der Waals surface area (Å²) < 4.78 is 45.1. The van der Waals surface area contributed by atoms with E-state index in [4.69, 9.17) is 9.84 Å². The molecule has 1 saturated heterocycles. The Morgan fingerprint density at radius 1 is 1.38 bits per heavy atom. The first-order valence-electron chi connectivity index (χ1n) is 6.50. The van der Waals surface area contributed by atoms with Crippen molar-refractivity contribution < 1.29 is 37.3 Å². The molecule has 0 saturated carbocycles. The highest BCUT2D eigenvalue weighted by molar-refractivity contribution is 5.78. The van der Waals surface area contributed by atoms with Crippen molar-refractivity contribution >= 4 is 11.9 Å². The van der Waals surface area contributed by atoms with E-state index in [0.717, 1.165) is 0 Å². The Balaban J connectivity index is 2.48. The number of alkyl halides is 3. The van der Waals surface area contributed by atoms with E-state index in [2.05, 4.69) is 4.74 Å². The second-order valence-electron chi connectivity index (χ2n) is 4.65. The first-order chi connectivity index (χ1) is 9.76. The molecule has 1 N–H and O–H groups in total. The van der Waals surface area contributed by atoms with Crippen LogP contribution in [0.15, 0.2) is 0 Å². The van der Waals surface area contributed by atoms with Crippen LogP contribution in [0.1, 0.15) is 13.3 Å². The number of hydrogen-bond donors (Lipinski definition) is 1. The van der Waals surface area contributed by atoms with E-state index < -0.39 is 36.6 Å². The summed E-state index contributed by atoms with van der Waals surface area (Å²) in [5, 5.41) is 9.05. The lowest BCUT2D eigenvalue weighted by molar-refractivity contribution is -0.175. The Morgan fingerprint density at radius 3 is 2.57 bits per heavy atom. The van der Waals surface area contributed by atoms with Crippen LogP contribution in [-0.4, -0.2) is 67.1 Å². The fraction of sp³-hybridized carbons (Fsp3) is 0.833. The maximum Gasteiger partial charge on any atom is 0.411 e. The van der Waals surface area contributed by atoms with Crippen LogP contribution in [0.5, 0.6) is 0 Å². The van der Waals surface area contributed by atoms with E-state index in [9.17, 15) is 22.8 Å². The summed E-state index contributed by atoms with van der Waals surface area (Å²) in [4.78, 5) is 24.4. The van der Waals surface area contributed by atoms with Crippen LogP contribution in [0.4, 0.5) is 13.2 Å². The van der Waals surface area contributed by atoms with Gasteiger partial charge in [0, 0.05) is 6.54 Å². The molecule has 1 aliphatic rings. The summed E-state index contributed by atoms with van der Waals surface area (Å²) in [6.45, 7) is 0.298. The summed E-state index contributed by atoms with van der Waals surface area (Å²) >= 11 is 0. The Bertz CT molecular complexity index is 374. The molecule has 0 spiro atoms. The molecule has 1 rings (SSSR count). The van der Waals surface area contributed by atoms with Gasteiger partial charge in [-0.2, -0.15) is 13.2 Å². The maximum atomic E-state index is 12.0. The molecule has 0 aromatic carbocycles. The summed E-state index contributed by atoms with van der Waals surface area (Å²) in [5.41, 5.74) is 0. The number of aliphatic carboxylic acids is 1. The topological polar surface area (TPSA) is 76.1 Å². The lowest BCUT2D eigenvalue weighted by atomic mass is 10.0. The van der Waals surface area contributed by atoms with Gasteiger partial charge >= 0.3 is 12.1 Å². The Labute approximate surface area is 119 Å². The van der Waals surface area contributed by atoms with Crippen molar-refractivity contribution in [1.29, 1.82) is 0 Å². The standard InChI is InChI=1S/C12H18F3NO5/c1-2-16(9-6-21-5-8(9)11(18)19)10(17)3-4-20-7-12(13,14)15/h8-9H,2-7H2,1H3,(H,18,19). The highest BCUT2D eigenvalue weighted by Gasteiger charge is 2.39. The molecule has 0 bridgehead atoms. The number of halogens is 3. The zero-order valence-electron chi connectivity index (χ0n) is 11.6. The van der Waals surface area contributed by atoms with E-state index >= 15 is 0 Å². The van der Waals surface area contributed by atoms with Crippen LogP contribution in [0, 0.1) is 5.92 Å². The number of carboxylic acids is 1. The molecule has 0 aliphatic carbocycles. The van der Waals surface area contributed by atoms with Crippen LogP contribution in [0.25, 0.3) is 0 Å². The number of likely N-dealkylation sites (N-methyl/N-ethyl adjacent to an activating group) is 1. The molecule has 0 aromatic rings. The normalized spacial score (nSPS) is 22.3. The monoisotopic (exact) mass is 313 g/mol.